The van der Waals surface area contributed by atoms with Crippen LogP contribution in [0.1, 0.15) is 29.9 Å². The van der Waals surface area contributed by atoms with E-state index in [0.717, 1.165) is 30.7 Å². The van der Waals surface area contributed by atoms with Gasteiger partial charge in [0.2, 0.25) is 0 Å². The molecule has 0 saturated heterocycles. The van der Waals surface area contributed by atoms with Gasteiger partial charge in [0.05, 0.1) is 12.8 Å². The van der Waals surface area contributed by atoms with Gasteiger partial charge in [0.15, 0.2) is 0 Å². The van der Waals surface area contributed by atoms with E-state index in [1.54, 1.807) is 7.11 Å². The van der Waals surface area contributed by atoms with Gasteiger partial charge < -0.3 is 14.6 Å². The number of aromatic nitrogens is 2. The number of hydrogen-bond donors (Lipinski definition) is 1. The van der Waals surface area contributed by atoms with Crippen molar-refractivity contribution in [3.8, 4) is 5.75 Å². The lowest BCUT2D eigenvalue weighted by Crippen LogP contribution is -2.18. The molecule has 1 fully saturated rings. The standard InChI is InChI=1S/C16H21N3O/c1-12-17-9-15(10-18-14-6-7-14)19(12)11-13-4-3-5-16(8-13)20-2/h3-5,8-9,14,18H,6-7,10-11H2,1-2H3. The fourth-order valence-electron chi connectivity index (χ4n) is 2.36. The van der Waals surface area contributed by atoms with E-state index in [1.807, 2.05) is 18.3 Å². The van der Waals surface area contributed by atoms with Gasteiger partial charge in [-0.15, -0.1) is 0 Å². The molecule has 0 radical (unpaired) electrons. The van der Waals surface area contributed by atoms with Gasteiger partial charge in [0.1, 0.15) is 11.6 Å². The van der Waals surface area contributed by atoms with Crippen LogP contribution in [0.15, 0.2) is 30.5 Å². The molecule has 20 heavy (non-hydrogen) atoms. The summed E-state index contributed by atoms with van der Waals surface area (Å²) in [5.41, 5.74) is 2.48. The first-order valence-corrected chi connectivity index (χ1v) is 7.13. The van der Waals surface area contributed by atoms with Gasteiger partial charge in [-0.1, -0.05) is 12.1 Å². The zero-order chi connectivity index (χ0) is 13.9. The smallest absolute Gasteiger partial charge is 0.119 e. The summed E-state index contributed by atoms with van der Waals surface area (Å²) in [6.45, 7) is 3.79. The van der Waals surface area contributed by atoms with Crippen LogP contribution in [0.2, 0.25) is 0 Å². The Balaban J connectivity index is 1.76. The van der Waals surface area contributed by atoms with E-state index < -0.39 is 0 Å². The van der Waals surface area contributed by atoms with Crippen molar-refractivity contribution in [2.24, 2.45) is 0 Å². The highest BCUT2D eigenvalue weighted by Gasteiger charge is 2.20. The van der Waals surface area contributed by atoms with Gasteiger partial charge in [0, 0.05) is 25.3 Å². The molecule has 2 aromatic rings. The topological polar surface area (TPSA) is 39.1 Å². The lowest BCUT2D eigenvalue weighted by atomic mass is 10.2. The molecule has 0 bridgehead atoms. The highest BCUT2D eigenvalue weighted by molar-refractivity contribution is 5.29. The molecule has 1 aromatic carbocycles. The molecule has 0 amide bonds. The van der Waals surface area contributed by atoms with Crippen molar-refractivity contribution in [2.75, 3.05) is 7.11 Å². The number of methoxy groups -OCH3 is 1. The van der Waals surface area contributed by atoms with E-state index in [9.17, 15) is 0 Å². The van der Waals surface area contributed by atoms with Gasteiger partial charge in [-0.25, -0.2) is 4.98 Å². The number of hydrogen-bond acceptors (Lipinski definition) is 3. The van der Waals surface area contributed by atoms with E-state index in [1.165, 1.54) is 24.1 Å². The fraction of sp³-hybridized carbons (Fsp3) is 0.438. The average molecular weight is 271 g/mol. The van der Waals surface area contributed by atoms with Crippen molar-refractivity contribution < 1.29 is 4.74 Å². The summed E-state index contributed by atoms with van der Waals surface area (Å²) < 4.78 is 7.55. The van der Waals surface area contributed by atoms with E-state index >= 15 is 0 Å². The van der Waals surface area contributed by atoms with Crippen LogP contribution in [0.3, 0.4) is 0 Å². The minimum Gasteiger partial charge on any atom is -0.497 e. The molecule has 1 N–H and O–H groups in total. The van der Waals surface area contributed by atoms with Crippen LogP contribution in [-0.4, -0.2) is 22.7 Å². The number of rotatable bonds is 6. The molecular weight excluding hydrogens is 250 g/mol. The Bertz CT molecular complexity index is 587. The van der Waals surface area contributed by atoms with Crippen molar-refractivity contribution in [3.05, 3.63) is 47.5 Å². The Morgan fingerprint density at radius 2 is 2.25 bits per heavy atom. The van der Waals surface area contributed by atoms with Crippen LogP contribution in [0.5, 0.6) is 5.75 Å². The largest absolute Gasteiger partial charge is 0.497 e. The van der Waals surface area contributed by atoms with E-state index in [4.69, 9.17) is 4.74 Å². The Morgan fingerprint density at radius 3 is 3.00 bits per heavy atom. The highest BCUT2D eigenvalue weighted by atomic mass is 16.5. The summed E-state index contributed by atoms with van der Waals surface area (Å²) in [7, 11) is 1.70. The Labute approximate surface area is 119 Å². The maximum absolute atomic E-state index is 5.28. The first kappa shape index (κ1) is 13.2. The predicted octanol–water partition coefficient (Wildman–Crippen LogP) is 2.50. The molecule has 4 nitrogen and oxygen atoms in total. The summed E-state index contributed by atoms with van der Waals surface area (Å²) in [6, 6.07) is 8.93. The third-order valence-corrected chi connectivity index (χ3v) is 3.76. The quantitative estimate of drug-likeness (QED) is 0.877. The normalized spacial score (nSPS) is 14.5. The number of aryl methyl sites for hydroxylation is 1. The second-order valence-electron chi connectivity index (χ2n) is 5.39. The molecule has 1 aliphatic rings. The van der Waals surface area contributed by atoms with Gasteiger partial charge in [-0.2, -0.15) is 0 Å². The number of imidazole rings is 1. The first-order chi connectivity index (χ1) is 9.76. The van der Waals surface area contributed by atoms with E-state index in [2.05, 4.69) is 33.9 Å². The van der Waals surface area contributed by atoms with Crippen LogP contribution >= 0.6 is 0 Å². The maximum Gasteiger partial charge on any atom is 0.119 e. The van der Waals surface area contributed by atoms with Gasteiger partial charge >= 0.3 is 0 Å². The summed E-state index contributed by atoms with van der Waals surface area (Å²) >= 11 is 0. The van der Waals surface area contributed by atoms with Crippen molar-refractivity contribution in [2.45, 2.75) is 38.9 Å². The molecule has 1 heterocycles. The summed E-state index contributed by atoms with van der Waals surface area (Å²) in [5, 5.41) is 3.55. The summed E-state index contributed by atoms with van der Waals surface area (Å²) in [5.74, 6) is 1.96. The molecule has 106 valence electrons. The molecule has 0 aliphatic heterocycles. The molecular formula is C16H21N3O. The van der Waals surface area contributed by atoms with Crippen LogP contribution < -0.4 is 10.1 Å². The maximum atomic E-state index is 5.28. The monoisotopic (exact) mass is 271 g/mol. The lowest BCUT2D eigenvalue weighted by Gasteiger charge is -2.12. The van der Waals surface area contributed by atoms with Crippen LogP contribution in [0.4, 0.5) is 0 Å². The Kier molecular flexibility index (Phi) is 3.74. The number of ether oxygens (including phenoxy) is 1. The third-order valence-electron chi connectivity index (χ3n) is 3.76. The van der Waals surface area contributed by atoms with Crippen molar-refractivity contribution in [1.82, 2.24) is 14.9 Å². The van der Waals surface area contributed by atoms with Gasteiger partial charge in [0.25, 0.3) is 0 Å². The van der Waals surface area contributed by atoms with E-state index in [0.29, 0.717) is 0 Å². The molecule has 1 aromatic heterocycles. The Hall–Kier alpha value is -1.81. The lowest BCUT2D eigenvalue weighted by molar-refractivity contribution is 0.414. The predicted molar refractivity (Wildman–Crippen MR) is 78.9 cm³/mol. The molecule has 0 spiro atoms. The van der Waals surface area contributed by atoms with Gasteiger partial charge in [-0.3, -0.25) is 0 Å². The molecule has 3 rings (SSSR count). The minimum atomic E-state index is 0.718. The second-order valence-corrected chi connectivity index (χ2v) is 5.39. The second kappa shape index (κ2) is 5.67. The molecule has 4 heteroatoms. The SMILES string of the molecule is COc1cccc(Cn2c(CNC3CC3)cnc2C)c1. The van der Waals surface area contributed by atoms with Crippen LogP contribution in [0, 0.1) is 6.92 Å². The molecule has 1 saturated carbocycles. The molecule has 0 unspecified atom stereocenters. The number of nitrogens with one attached hydrogen (secondary N) is 1. The zero-order valence-corrected chi connectivity index (χ0v) is 12.1. The third kappa shape index (κ3) is 3.02. The van der Waals surface area contributed by atoms with E-state index in [-0.39, 0.29) is 0 Å². The van der Waals surface area contributed by atoms with Gasteiger partial charge in [-0.05, 0) is 37.5 Å². The van der Waals surface area contributed by atoms with Crippen molar-refractivity contribution >= 4 is 0 Å². The number of benzene rings is 1. The fourth-order valence-corrected chi connectivity index (χ4v) is 2.36. The molecule has 1 aliphatic carbocycles. The minimum absolute atomic E-state index is 0.718. The molecule has 0 atom stereocenters. The number of nitrogens with zero attached hydrogens (tertiary/aromatic N) is 2. The van der Waals surface area contributed by atoms with Crippen molar-refractivity contribution in [1.29, 1.82) is 0 Å². The van der Waals surface area contributed by atoms with Crippen LogP contribution in [-0.2, 0) is 13.1 Å². The average Bonchev–Trinajstić information content (AvgIpc) is 3.24. The highest BCUT2D eigenvalue weighted by Crippen LogP contribution is 2.20. The van der Waals surface area contributed by atoms with Crippen molar-refractivity contribution in [3.63, 3.8) is 0 Å². The van der Waals surface area contributed by atoms with Crippen LogP contribution in [0.25, 0.3) is 0 Å². The zero-order valence-electron chi connectivity index (χ0n) is 12.1. The summed E-state index contributed by atoms with van der Waals surface area (Å²) in [6.07, 6.45) is 4.59. The summed E-state index contributed by atoms with van der Waals surface area (Å²) in [4.78, 5) is 4.45. The first-order valence-electron chi connectivity index (χ1n) is 7.13. The Morgan fingerprint density at radius 1 is 1.40 bits per heavy atom.